The van der Waals surface area contributed by atoms with E-state index in [1.165, 1.54) is 12.1 Å². The lowest BCUT2D eigenvalue weighted by molar-refractivity contribution is -0.107. The van der Waals surface area contributed by atoms with Crippen molar-refractivity contribution in [1.82, 2.24) is 0 Å². The van der Waals surface area contributed by atoms with Crippen molar-refractivity contribution in [3.63, 3.8) is 0 Å². The molecule has 0 atom stereocenters. The van der Waals surface area contributed by atoms with Crippen LogP contribution in [0.2, 0.25) is 0 Å². The summed E-state index contributed by atoms with van der Waals surface area (Å²) in [6.07, 6.45) is 1.000. The molecule has 2 N–H and O–H groups in total. The van der Waals surface area contributed by atoms with E-state index in [9.17, 15) is 4.79 Å². The monoisotopic (exact) mass is 182 g/mol. The van der Waals surface area contributed by atoms with Gasteiger partial charge in [-0.15, -0.1) is 0 Å². The molecule has 13 heavy (non-hydrogen) atoms. The van der Waals surface area contributed by atoms with Gasteiger partial charge >= 0.3 is 0 Å². The summed E-state index contributed by atoms with van der Waals surface area (Å²) in [6.45, 7) is 4.00. The zero-order valence-electron chi connectivity index (χ0n) is 7.82. The molecule has 0 radical (unpaired) electrons. The zero-order valence-corrected chi connectivity index (χ0v) is 7.82. The summed E-state index contributed by atoms with van der Waals surface area (Å²) in [7, 11) is 0. The highest BCUT2D eigenvalue weighted by atomic mass is 16.3. The number of phenolic OH excluding ortho intramolecular Hbond substituents is 2. The maximum Gasteiger partial charge on any atom is 0.157 e. The number of carbonyl (C=O) groups is 1. The summed E-state index contributed by atoms with van der Waals surface area (Å²) in [5, 5.41) is 17.8. The second-order valence-electron chi connectivity index (χ2n) is 2.19. The van der Waals surface area contributed by atoms with Crippen LogP contribution in [-0.2, 0) is 11.2 Å². The predicted octanol–water partition coefficient (Wildman–Crippen LogP) is 1.87. The number of benzene rings is 1. The van der Waals surface area contributed by atoms with Crippen molar-refractivity contribution in [3.8, 4) is 11.5 Å². The molecule has 3 nitrogen and oxygen atoms in total. The Balaban J connectivity index is 0.000000671. The molecule has 0 spiro atoms. The van der Waals surface area contributed by atoms with E-state index in [0.717, 1.165) is 6.29 Å². The molecule has 0 aliphatic carbocycles. The van der Waals surface area contributed by atoms with Crippen LogP contribution in [0.25, 0.3) is 0 Å². The minimum atomic E-state index is -0.190. The predicted molar refractivity (Wildman–Crippen MR) is 50.9 cm³/mol. The smallest absolute Gasteiger partial charge is 0.157 e. The Morgan fingerprint density at radius 3 is 2.31 bits per heavy atom. The Morgan fingerprint density at radius 1 is 1.23 bits per heavy atom. The normalized spacial score (nSPS) is 8.46. The van der Waals surface area contributed by atoms with E-state index >= 15 is 0 Å². The maximum absolute atomic E-state index is 10.0. The van der Waals surface area contributed by atoms with Gasteiger partial charge in [-0.05, 0) is 17.7 Å². The minimum Gasteiger partial charge on any atom is -0.504 e. The quantitative estimate of drug-likeness (QED) is 0.542. The number of rotatable bonds is 2. The first kappa shape index (κ1) is 11.5. The van der Waals surface area contributed by atoms with Crippen molar-refractivity contribution in [3.05, 3.63) is 23.8 Å². The van der Waals surface area contributed by atoms with Crippen LogP contribution in [0.15, 0.2) is 18.2 Å². The summed E-state index contributed by atoms with van der Waals surface area (Å²) in [5.74, 6) is -0.357. The van der Waals surface area contributed by atoms with Crippen LogP contribution >= 0.6 is 0 Å². The highest BCUT2D eigenvalue weighted by molar-refractivity contribution is 5.56. The molecular formula is C10H14O3. The molecule has 0 bridgehead atoms. The number of hydrogen-bond donors (Lipinski definition) is 2. The van der Waals surface area contributed by atoms with Crippen molar-refractivity contribution in [2.24, 2.45) is 0 Å². The topological polar surface area (TPSA) is 57.5 Å². The van der Waals surface area contributed by atoms with E-state index in [2.05, 4.69) is 0 Å². The van der Waals surface area contributed by atoms with Crippen molar-refractivity contribution < 1.29 is 15.0 Å². The number of aldehydes is 1. The molecule has 1 rings (SSSR count). The molecule has 0 aliphatic rings. The Kier molecular flexibility index (Phi) is 5.35. The van der Waals surface area contributed by atoms with E-state index < -0.39 is 0 Å². The lowest BCUT2D eigenvalue weighted by atomic mass is 10.1. The van der Waals surface area contributed by atoms with E-state index in [-0.39, 0.29) is 17.9 Å². The summed E-state index contributed by atoms with van der Waals surface area (Å²) in [4.78, 5) is 10.0. The Hall–Kier alpha value is -1.51. The van der Waals surface area contributed by atoms with Crippen LogP contribution in [-0.4, -0.2) is 16.5 Å². The summed E-state index contributed by atoms with van der Waals surface area (Å²) < 4.78 is 0. The molecule has 0 aliphatic heterocycles. The molecule has 0 fully saturated rings. The molecule has 0 heterocycles. The zero-order chi connectivity index (χ0) is 10.3. The molecule has 0 aromatic heterocycles. The second-order valence-corrected chi connectivity index (χ2v) is 2.19. The lowest BCUT2D eigenvalue weighted by Crippen LogP contribution is -1.84. The van der Waals surface area contributed by atoms with E-state index in [1.807, 2.05) is 13.8 Å². The van der Waals surface area contributed by atoms with Gasteiger partial charge < -0.3 is 15.0 Å². The molecule has 1 aromatic rings. The van der Waals surface area contributed by atoms with Gasteiger partial charge in [-0.25, -0.2) is 0 Å². The SMILES string of the molecule is CC.O=CCc1ccc(O)c(O)c1. The molecule has 3 heteroatoms. The van der Waals surface area contributed by atoms with E-state index in [4.69, 9.17) is 10.2 Å². The second kappa shape index (κ2) is 6.06. The summed E-state index contributed by atoms with van der Waals surface area (Å²) >= 11 is 0. The largest absolute Gasteiger partial charge is 0.504 e. The molecule has 0 amide bonds. The molecule has 72 valence electrons. The average molecular weight is 182 g/mol. The van der Waals surface area contributed by atoms with Crippen LogP contribution in [0.3, 0.4) is 0 Å². The minimum absolute atomic E-state index is 0.167. The van der Waals surface area contributed by atoms with Gasteiger partial charge in [-0.3, -0.25) is 0 Å². The third-order valence-electron chi connectivity index (χ3n) is 1.36. The van der Waals surface area contributed by atoms with Crippen LogP contribution in [0.4, 0.5) is 0 Å². The van der Waals surface area contributed by atoms with Gasteiger partial charge in [0.25, 0.3) is 0 Å². The van der Waals surface area contributed by atoms with Crippen molar-refractivity contribution in [2.75, 3.05) is 0 Å². The van der Waals surface area contributed by atoms with Crippen LogP contribution in [0.5, 0.6) is 11.5 Å². The molecule has 0 saturated carbocycles. The number of hydrogen-bond acceptors (Lipinski definition) is 3. The first-order valence-corrected chi connectivity index (χ1v) is 4.18. The third-order valence-corrected chi connectivity index (χ3v) is 1.36. The van der Waals surface area contributed by atoms with Crippen LogP contribution in [0, 0.1) is 0 Å². The number of carbonyl (C=O) groups excluding carboxylic acids is 1. The Bertz CT molecular complexity index is 269. The number of phenols is 2. The third kappa shape index (κ3) is 3.60. The average Bonchev–Trinajstić information content (AvgIpc) is 2.15. The van der Waals surface area contributed by atoms with Gasteiger partial charge in [-0.2, -0.15) is 0 Å². The molecule has 1 aromatic carbocycles. The van der Waals surface area contributed by atoms with Gasteiger partial charge in [0, 0.05) is 6.42 Å². The fourth-order valence-corrected chi connectivity index (χ4v) is 0.792. The van der Waals surface area contributed by atoms with Crippen molar-refractivity contribution in [1.29, 1.82) is 0 Å². The summed E-state index contributed by atoms with van der Waals surface area (Å²) in [5.41, 5.74) is 0.690. The lowest BCUT2D eigenvalue weighted by Gasteiger charge is -1.98. The fraction of sp³-hybridized carbons (Fsp3) is 0.300. The highest BCUT2D eigenvalue weighted by Crippen LogP contribution is 2.24. The van der Waals surface area contributed by atoms with Crippen molar-refractivity contribution >= 4 is 6.29 Å². The molecule has 0 saturated heterocycles. The first-order chi connectivity index (χ1) is 6.24. The van der Waals surface area contributed by atoms with Gasteiger partial charge in [0.2, 0.25) is 0 Å². The first-order valence-electron chi connectivity index (χ1n) is 4.18. The van der Waals surface area contributed by atoms with E-state index in [0.29, 0.717) is 5.56 Å². The maximum atomic E-state index is 10.0. The summed E-state index contributed by atoms with van der Waals surface area (Å²) in [6, 6.07) is 4.31. The van der Waals surface area contributed by atoms with Crippen LogP contribution < -0.4 is 0 Å². The Labute approximate surface area is 77.6 Å². The van der Waals surface area contributed by atoms with Crippen molar-refractivity contribution in [2.45, 2.75) is 20.3 Å². The fourth-order valence-electron chi connectivity index (χ4n) is 0.792. The molecule has 0 unspecified atom stereocenters. The number of aromatic hydroxyl groups is 2. The van der Waals surface area contributed by atoms with Gasteiger partial charge in [0.15, 0.2) is 11.5 Å². The Morgan fingerprint density at radius 2 is 1.85 bits per heavy atom. The molecular weight excluding hydrogens is 168 g/mol. The van der Waals surface area contributed by atoms with Gasteiger partial charge in [0.1, 0.15) is 6.29 Å². The standard InChI is InChI=1S/C8H8O3.C2H6/c9-4-3-6-1-2-7(10)8(11)5-6;1-2/h1-2,4-5,10-11H,3H2;1-2H3. The highest BCUT2D eigenvalue weighted by Gasteiger charge is 1.98. The van der Waals surface area contributed by atoms with Crippen LogP contribution in [0.1, 0.15) is 19.4 Å². The van der Waals surface area contributed by atoms with Gasteiger partial charge in [0.05, 0.1) is 0 Å². The van der Waals surface area contributed by atoms with Gasteiger partial charge in [-0.1, -0.05) is 19.9 Å². The van der Waals surface area contributed by atoms with E-state index in [1.54, 1.807) is 6.07 Å².